The third kappa shape index (κ3) is 8.65. The van der Waals surface area contributed by atoms with Crippen LogP contribution in [-0.4, -0.2) is 19.6 Å². The van der Waals surface area contributed by atoms with Crippen LogP contribution >= 0.6 is 0 Å². The number of phenolic OH excluding ortho intramolecular Hbond substituents is 1. The number of aromatic hydroxyl groups is 1. The molecule has 10 rings (SSSR count). The van der Waals surface area contributed by atoms with Gasteiger partial charge in [-0.05, 0) is 74.9 Å². The Balaban J connectivity index is 0.00000593. The molecule has 0 unspecified atom stereocenters. The summed E-state index contributed by atoms with van der Waals surface area (Å²) >= 11 is 0. The van der Waals surface area contributed by atoms with Crippen LogP contribution in [0.3, 0.4) is 0 Å². The monoisotopic (exact) mass is 1090 g/mol. The van der Waals surface area contributed by atoms with Gasteiger partial charge >= 0.3 is 0 Å². The molecule has 3 heterocycles. The van der Waals surface area contributed by atoms with Crippen molar-refractivity contribution in [2.24, 2.45) is 0 Å². The summed E-state index contributed by atoms with van der Waals surface area (Å²) in [4.78, 5) is 10.8. The first-order valence-corrected chi connectivity index (χ1v) is 23.8. The van der Waals surface area contributed by atoms with E-state index in [0.29, 0.717) is 11.4 Å². The quantitative estimate of drug-likeness (QED) is 0.162. The third-order valence-electron chi connectivity index (χ3n) is 13.8. The number of hydrogen-bond acceptors (Lipinski definition) is 4. The molecule has 0 fully saturated rings. The van der Waals surface area contributed by atoms with Crippen molar-refractivity contribution in [3.05, 3.63) is 192 Å². The van der Waals surface area contributed by atoms with E-state index in [1.54, 1.807) is 0 Å². The van der Waals surface area contributed by atoms with E-state index >= 15 is 0 Å². The molecular weight excluding hydrogens is 1030 g/mol. The number of phenols is 1. The van der Waals surface area contributed by atoms with Crippen molar-refractivity contribution in [1.82, 2.24) is 14.5 Å². The first-order valence-electron chi connectivity index (χ1n) is 23.8. The molecule has 0 aliphatic rings. The molecule has 0 radical (unpaired) electrons. The van der Waals surface area contributed by atoms with Gasteiger partial charge in [-0.15, -0.1) is 29.3 Å². The van der Waals surface area contributed by atoms with E-state index in [4.69, 9.17) is 14.4 Å². The van der Waals surface area contributed by atoms with Crippen molar-refractivity contribution in [3.8, 4) is 56.3 Å². The normalized spacial score (nSPS) is 12.5. The van der Waals surface area contributed by atoms with Gasteiger partial charge in [0.1, 0.15) is 22.7 Å². The van der Waals surface area contributed by atoms with Gasteiger partial charge in [0.2, 0.25) is 0 Å². The Morgan fingerprint density at radius 3 is 1.87 bits per heavy atom. The number of benzene rings is 7. The van der Waals surface area contributed by atoms with E-state index in [2.05, 4.69) is 214 Å². The van der Waals surface area contributed by atoms with Crippen molar-refractivity contribution in [3.63, 3.8) is 0 Å². The Labute approximate surface area is 421 Å². The predicted octanol–water partition coefficient (Wildman–Crippen LogP) is 16.7. The fraction of sp³-hybridized carbons (Fsp3) is 0.238. The molecule has 0 aliphatic heterocycles. The van der Waals surface area contributed by atoms with Gasteiger partial charge in [-0.3, -0.25) is 9.55 Å². The molecule has 0 spiro atoms. The van der Waals surface area contributed by atoms with Crippen molar-refractivity contribution in [2.45, 2.75) is 97.8 Å². The largest absolute Gasteiger partial charge is 0.507 e. The third-order valence-corrected chi connectivity index (χ3v) is 13.8. The zero-order chi connectivity index (χ0) is 47.9. The van der Waals surface area contributed by atoms with Gasteiger partial charge in [-0.1, -0.05) is 190 Å². The average Bonchev–Trinajstić information content (AvgIpc) is 3.89. The van der Waals surface area contributed by atoms with Crippen LogP contribution in [0.1, 0.15) is 104 Å². The molecule has 7 aromatic carbocycles. The zero-order valence-corrected chi connectivity index (χ0v) is 43.8. The molecule has 0 aliphatic carbocycles. The second-order valence-corrected chi connectivity index (χ2v) is 22.1. The fourth-order valence-corrected chi connectivity index (χ4v) is 9.60. The van der Waals surface area contributed by atoms with Gasteiger partial charge in [0.25, 0.3) is 0 Å². The SMILES string of the molecule is CC(C)(C)c1ccc(-n2c(-c3cc(C(C)(C)C)cc(C(C)(C)C)c3O)nc3c(-c4[c-]c(-c5cc6oc7ccccc7c6cn5)cc(C(C)(C)c5ccccc5)c4)cccc32)c(-c2ccccc2)c1.[Pt]. The molecule has 0 bridgehead atoms. The van der Waals surface area contributed by atoms with Gasteiger partial charge in [-0.25, -0.2) is 4.98 Å². The van der Waals surface area contributed by atoms with Crippen LogP contribution in [0, 0.1) is 6.07 Å². The van der Waals surface area contributed by atoms with Crippen LogP contribution in [0.15, 0.2) is 162 Å². The zero-order valence-electron chi connectivity index (χ0n) is 41.5. The van der Waals surface area contributed by atoms with Crippen LogP contribution in [-0.2, 0) is 42.7 Å². The summed E-state index contributed by atoms with van der Waals surface area (Å²) in [6, 6.07) is 57.4. The summed E-state index contributed by atoms with van der Waals surface area (Å²) in [6.45, 7) is 24.5. The van der Waals surface area contributed by atoms with E-state index in [-0.39, 0.29) is 48.5 Å². The predicted molar refractivity (Wildman–Crippen MR) is 283 cm³/mol. The van der Waals surface area contributed by atoms with Crippen LogP contribution in [0.5, 0.6) is 5.75 Å². The Kier molecular flexibility index (Phi) is 12.0. The van der Waals surface area contributed by atoms with Crippen LogP contribution < -0.4 is 0 Å². The number of hydrogen-bond donors (Lipinski definition) is 1. The molecule has 69 heavy (non-hydrogen) atoms. The van der Waals surface area contributed by atoms with Crippen molar-refractivity contribution < 1.29 is 30.6 Å². The van der Waals surface area contributed by atoms with E-state index in [9.17, 15) is 5.11 Å². The minimum absolute atomic E-state index is 0. The van der Waals surface area contributed by atoms with E-state index in [1.807, 2.05) is 30.5 Å². The molecule has 1 N–H and O–H groups in total. The topological polar surface area (TPSA) is 64.1 Å². The summed E-state index contributed by atoms with van der Waals surface area (Å²) in [6.07, 6.45) is 1.92. The number of furan rings is 1. The summed E-state index contributed by atoms with van der Waals surface area (Å²) < 4.78 is 8.68. The van der Waals surface area contributed by atoms with Gasteiger partial charge in [-0.2, -0.15) is 0 Å². The van der Waals surface area contributed by atoms with Crippen LogP contribution in [0.2, 0.25) is 0 Å². The molecule has 0 atom stereocenters. The summed E-state index contributed by atoms with van der Waals surface area (Å²) in [5.41, 5.74) is 15.2. The molecule has 350 valence electrons. The fourth-order valence-electron chi connectivity index (χ4n) is 9.60. The number of aromatic nitrogens is 3. The average molecular weight is 1090 g/mol. The maximum Gasteiger partial charge on any atom is 0.148 e. The van der Waals surface area contributed by atoms with Crippen LogP contribution in [0.4, 0.5) is 0 Å². The van der Waals surface area contributed by atoms with Gasteiger partial charge in [0, 0.05) is 60.3 Å². The number of fused-ring (bicyclic) bond motifs is 4. The van der Waals surface area contributed by atoms with E-state index in [1.165, 1.54) is 11.1 Å². The Morgan fingerprint density at radius 2 is 1.17 bits per heavy atom. The van der Waals surface area contributed by atoms with Crippen molar-refractivity contribution in [1.29, 1.82) is 0 Å². The molecule has 6 heteroatoms. The van der Waals surface area contributed by atoms with Gasteiger partial charge in [0.05, 0.1) is 22.3 Å². The summed E-state index contributed by atoms with van der Waals surface area (Å²) in [5.74, 6) is 0.906. The minimum Gasteiger partial charge on any atom is -0.507 e. The molecular formula is C63H60N3O2Pt-. The molecule has 0 amide bonds. The standard InChI is InChI=1S/C63H60N3O2.Pt/c1-60(2,3)43-29-30-53(48(34-43)39-21-14-12-15-22-39)66-54-27-20-26-46(57(54)65-59(66)49-35-44(61(4,5)6)36-51(58(49)67)62(7,8)9)40-31-41(33-45(32-40)63(10,11)42-23-16-13-17-24-42)52-37-56-50(38-64-52)47-25-18-19-28-55(47)68-56;/h12-30,32-38,67H,1-11H3;/q-1;. The number of imidazole rings is 1. The number of para-hydroxylation sites is 2. The molecule has 10 aromatic rings. The molecule has 3 aromatic heterocycles. The Hall–Kier alpha value is -6.55. The maximum atomic E-state index is 12.6. The molecule has 5 nitrogen and oxygen atoms in total. The minimum atomic E-state index is -0.385. The second-order valence-electron chi connectivity index (χ2n) is 22.1. The van der Waals surface area contributed by atoms with Crippen LogP contribution in [0.25, 0.3) is 83.6 Å². The number of nitrogens with zero attached hydrogens (tertiary/aromatic N) is 3. The smallest absolute Gasteiger partial charge is 0.148 e. The molecule has 0 saturated heterocycles. The van der Waals surface area contributed by atoms with Crippen molar-refractivity contribution >= 4 is 33.0 Å². The maximum absolute atomic E-state index is 12.6. The van der Waals surface area contributed by atoms with Gasteiger partial charge < -0.3 is 9.52 Å². The first kappa shape index (κ1) is 47.5. The summed E-state index contributed by atoms with van der Waals surface area (Å²) in [7, 11) is 0. The summed E-state index contributed by atoms with van der Waals surface area (Å²) in [5, 5.41) is 14.7. The van der Waals surface area contributed by atoms with E-state index in [0.717, 1.165) is 88.9 Å². The molecule has 0 saturated carbocycles. The van der Waals surface area contributed by atoms with Gasteiger partial charge in [0.15, 0.2) is 0 Å². The first-order chi connectivity index (χ1) is 32.3. The Bertz CT molecular complexity index is 3540. The Morgan fingerprint density at radius 1 is 0.522 bits per heavy atom. The van der Waals surface area contributed by atoms with E-state index < -0.39 is 0 Å². The second kappa shape index (κ2) is 17.4. The number of pyridine rings is 1. The van der Waals surface area contributed by atoms with Crippen molar-refractivity contribution in [2.75, 3.05) is 0 Å². The number of rotatable bonds is 7.